The monoisotopic (exact) mass is 283 g/mol. The van der Waals surface area contributed by atoms with E-state index in [1.807, 2.05) is 0 Å². The molecule has 106 valence electrons. The fraction of sp³-hybridized carbons (Fsp3) is 0.133. The lowest BCUT2D eigenvalue weighted by molar-refractivity contribution is 0.475. The summed E-state index contributed by atoms with van der Waals surface area (Å²) in [6.07, 6.45) is 2.04. The number of nitrogens with zero attached hydrogens (tertiary/aromatic N) is 2. The highest BCUT2D eigenvalue weighted by Gasteiger charge is 2.08. The van der Waals surface area contributed by atoms with Crippen molar-refractivity contribution in [1.29, 1.82) is 0 Å². The maximum atomic E-state index is 12.3. The molecule has 0 aliphatic rings. The molecule has 21 heavy (non-hydrogen) atoms. The van der Waals surface area contributed by atoms with E-state index >= 15 is 0 Å². The van der Waals surface area contributed by atoms with Gasteiger partial charge >= 0.3 is 5.69 Å². The van der Waals surface area contributed by atoms with Gasteiger partial charge in [0.25, 0.3) is 5.56 Å². The first kappa shape index (κ1) is 13.1. The van der Waals surface area contributed by atoms with Crippen LogP contribution in [-0.2, 0) is 13.0 Å². The van der Waals surface area contributed by atoms with E-state index in [0.29, 0.717) is 11.9 Å². The van der Waals surface area contributed by atoms with Gasteiger partial charge in [0.2, 0.25) is 0 Å². The third-order valence-corrected chi connectivity index (χ3v) is 3.30. The van der Waals surface area contributed by atoms with Gasteiger partial charge in [-0.1, -0.05) is 12.1 Å². The van der Waals surface area contributed by atoms with Gasteiger partial charge in [-0.25, -0.2) is 9.78 Å². The van der Waals surface area contributed by atoms with Gasteiger partial charge in [0.05, 0.1) is 5.52 Å². The van der Waals surface area contributed by atoms with Crippen molar-refractivity contribution in [2.75, 3.05) is 0 Å². The van der Waals surface area contributed by atoms with Crippen LogP contribution in [0.3, 0.4) is 0 Å². The Morgan fingerprint density at radius 3 is 2.67 bits per heavy atom. The van der Waals surface area contributed by atoms with E-state index in [4.69, 9.17) is 0 Å². The fourth-order valence-electron chi connectivity index (χ4n) is 2.19. The van der Waals surface area contributed by atoms with Crippen molar-refractivity contribution < 1.29 is 5.11 Å². The Morgan fingerprint density at radius 1 is 1.14 bits per heavy atom. The van der Waals surface area contributed by atoms with E-state index in [1.165, 1.54) is 6.20 Å². The van der Waals surface area contributed by atoms with E-state index in [0.717, 1.165) is 10.1 Å². The van der Waals surface area contributed by atoms with Crippen LogP contribution >= 0.6 is 0 Å². The van der Waals surface area contributed by atoms with Gasteiger partial charge in [-0.3, -0.25) is 9.36 Å². The zero-order valence-corrected chi connectivity index (χ0v) is 11.1. The number of aromatic hydroxyl groups is 1. The summed E-state index contributed by atoms with van der Waals surface area (Å²) in [6.45, 7) is 0.255. The lowest BCUT2D eigenvalue weighted by atomic mass is 10.1. The number of fused-ring (bicyclic) bond motifs is 1. The van der Waals surface area contributed by atoms with Crippen molar-refractivity contribution in [3.8, 4) is 5.75 Å². The molecule has 0 bridgehead atoms. The topological polar surface area (TPSA) is 88.0 Å². The number of phenols is 1. The summed E-state index contributed by atoms with van der Waals surface area (Å²) in [5, 5.41) is 9.23. The molecule has 2 N–H and O–H groups in total. The van der Waals surface area contributed by atoms with Gasteiger partial charge in [0.1, 0.15) is 5.75 Å². The zero-order chi connectivity index (χ0) is 14.8. The Kier molecular flexibility index (Phi) is 3.27. The summed E-state index contributed by atoms with van der Waals surface area (Å²) in [5.74, 6) is 0.184. The van der Waals surface area contributed by atoms with Crippen LogP contribution in [0.5, 0.6) is 5.75 Å². The molecule has 0 saturated carbocycles. The molecule has 2 aromatic heterocycles. The summed E-state index contributed by atoms with van der Waals surface area (Å²) in [6, 6.07) is 9.98. The Balaban J connectivity index is 1.95. The third-order valence-electron chi connectivity index (χ3n) is 3.30. The zero-order valence-electron chi connectivity index (χ0n) is 11.1. The Morgan fingerprint density at radius 2 is 1.90 bits per heavy atom. The molecule has 6 heteroatoms. The molecule has 0 amide bonds. The molecule has 0 atom stereocenters. The minimum atomic E-state index is -0.445. The highest BCUT2D eigenvalue weighted by Crippen LogP contribution is 2.10. The summed E-state index contributed by atoms with van der Waals surface area (Å²) < 4.78 is 1.14. The minimum absolute atomic E-state index is 0.184. The van der Waals surface area contributed by atoms with Crippen LogP contribution in [0.2, 0.25) is 0 Å². The number of benzene rings is 1. The normalized spacial score (nSPS) is 10.9. The van der Waals surface area contributed by atoms with Crippen LogP contribution in [0.1, 0.15) is 5.56 Å². The number of aromatic nitrogens is 3. The van der Waals surface area contributed by atoms with Crippen molar-refractivity contribution >= 4 is 11.0 Å². The quantitative estimate of drug-likeness (QED) is 0.751. The lowest BCUT2D eigenvalue weighted by Gasteiger charge is -2.06. The fourth-order valence-corrected chi connectivity index (χ4v) is 2.19. The maximum Gasteiger partial charge on any atom is 0.328 e. The number of H-pyrrole nitrogens is 1. The van der Waals surface area contributed by atoms with Crippen LogP contribution < -0.4 is 11.2 Å². The van der Waals surface area contributed by atoms with Gasteiger partial charge in [-0.05, 0) is 36.2 Å². The molecule has 0 saturated heterocycles. The molecule has 2 heterocycles. The van der Waals surface area contributed by atoms with Gasteiger partial charge in [0.15, 0.2) is 5.52 Å². The number of aryl methyl sites for hydroxylation is 1. The molecule has 0 spiro atoms. The standard InChI is InChI=1S/C15H13N3O3/c19-11-5-3-10(4-6-11)7-9-18-14(20)13-12(17-15(18)21)2-1-8-16-13/h1-6,8,19H,7,9H2,(H,17,21). The first-order valence-electron chi connectivity index (χ1n) is 6.51. The maximum absolute atomic E-state index is 12.3. The molecule has 0 radical (unpaired) electrons. The Labute approximate surface area is 119 Å². The molecule has 6 nitrogen and oxygen atoms in total. The van der Waals surface area contributed by atoms with E-state index < -0.39 is 11.2 Å². The van der Waals surface area contributed by atoms with Crippen LogP contribution in [-0.4, -0.2) is 19.6 Å². The molecule has 0 unspecified atom stereocenters. The third kappa shape index (κ3) is 2.55. The van der Waals surface area contributed by atoms with Crippen molar-refractivity contribution in [1.82, 2.24) is 14.5 Å². The van der Waals surface area contributed by atoms with Gasteiger partial charge < -0.3 is 10.1 Å². The number of phenolic OH excluding ortho intramolecular Hbond substituents is 1. The van der Waals surface area contributed by atoms with Crippen molar-refractivity contribution in [3.63, 3.8) is 0 Å². The molecule has 3 aromatic rings. The molecule has 0 fully saturated rings. The van der Waals surface area contributed by atoms with Gasteiger partial charge in [-0.2, -0.15) is 0 Å². The first-order valence-corrected chi connectivity index (χ1v) is 6.51. The second-order valence-electron chi connectivity index (χ2n) is 4.70. The highest BCUT2D eigenvalue weighted by molar-refractivity contribution is 5.71. The smallest absolute Gasteiger partial charge is 0.328 e. The second-order valence-corrected chi connectivity index (χ2v) is 4.70. The van der Waals surface area contributed by atoms with E-state index in [2.05, 4.69) is 9.97 Å². The average molecular weight is 283 g/mol. The van der Waals surface area contributed by atoms with E-state index in [9.17, 15) is 14.7 Å². The Bertz CT molecular complexity index is 894. The summed E-state index contributed by atoms with van der Waals surface area (Å²) in [7, 11) is 0. The largest absolute Gasteiger partial charge is 0.508 e. The molecule has 0 aliphatic carbocycles. The van der Waals surface area contributed by atoms with Crippen LogP contribution in [0.15, 0.2) is 52.2 Å². The number of nitrogens with one attached hydrogen (secondary N) is 1. The van der Waals surface area contributed by atoms with E-state index in [1.54, 1.807) is 36.4 Å². The van der Waals surface area contributed by atoms with Crippen LogP contribution in [0, 0.1) is 0 Å². The molecule has 0 aliphatic heterocycles. The first-order chi connectivity index (χ1) is 10.1. The van der Waals surface area contributed by atoms with Gasteiger partial charge in [0, 0.05) is 12.7 Å². The number of aromatic amines is 1. The van der Waals surface area contributed by atoms with Crippen molar-refractivity contribution in [2.45, 2.75) is 13.0 Å². The van der Waals surface area contributed by atoms with Crippen LogP contribution in [0.4, 0.5) is 0 Å². The summed E-state index contributed by atoms with van der Waals surface area (Å²) in [4.78, 5) is 30.9. The van der Waals surface area contributed by atoms with Crippen LogP contribution in [0.25, 0.3) is 11.0 Å². The molecule has 3 rings (SSSR count). The number of hydrogen-bond donors (Lipinski definition) is 2. The summed E-state index contributed by atoms with van der Waals surface area (Å²) in [5.41, 5.74) is 0.781. The number of pyridine rings is 1. The molecular formula is C15H13N3O3. The number of rotatable bonds is 3. The highest BCUT2D eigenvalue weighted by atomic mass is 16.3. The van der Waals surface area contributed by atoms with E-state index in [-0.39, 0.29) is 17.8 Å². The molecule has 1 aromatic carbocycles. The molecular weight excluding hydrogens is 270 g/mol. The lowest BCUT2D eigenvalue weighted by Crippen LogP contribution is -2.36. The summed E-state index contributed by atoms with van der Waals surface area (Å²) >= 11 is 0. The second kappa shape index (κ2) is 5.24. The minimum Gasteiger partial charge on any atom is -0.508 e. The van der Waals surface area contributed by atoms with Gasteiger partial charge in [-0.15, -0.1) is 0 Å². The number of hydrogen-bond acceptors (Lipinski definition) is 4. The Hall–Kier alpha value is -2.89. The average Bonchev–Trinajstić information content (AvgIpc) is 2.49. The SMILES string of the molecule is O=c1[nH]c2cccnc2c(=O)n1CCc1ccc(O)cc1. The predicted molar refractivity (Wildman–Crippen MR) is 78.4 cm³/mol. The van der Waals surface area contributed by atoms with Crippen molar-refractivity contribution in [2.24, 2.45) is 0 Å². The van der Waals surface area contributed by atoms with Crippen molar-refractivity contribution in [3.05, 3.63) is 69.0 Å². The predicted octanol–water partition coefficient (Wildman–Crippen LogP) is 1.03.